The molecule has 0 bridgehead atoms. The van der Waals surface area contributed by atoms with Gasteiger partial charge in [-0.1, -0.05) is 18.2 Å². The highest BCUT2D eigenvalue weighted by Crippen LogP contribution is 2.23. The lowest BCUT2D eigenvalue weighted by atomic mass is 10.1. The molecule has 2 heterocycles. The van der Waals surface area contributed by atoms with Crippen LogP contribution in [0, 0.1) is 17.0 Å². The molecule has 0 atom stereocenters. The van der Waals surface area contributed by atoms with Gasteiger partial charge >= 0.3 is 11.5 Å². The van der Waals surface area contributed by atoms with Crippen molar-refractivity contribution in [1.29, 1.82) is 0 Å². The number of hydrogen-bond acceptors (Lipinski definition) is 3. The van der Waals surface area contributed by atoms with Gasteiger partial charge in [0.1, 0.15) is 0 Å². The Morgan fingerprint density at radius 3 is 2.91 bits per heavy atom. The number of nitrogens with one attached hydrogen (secondary N) is 3. The van der Waals surface area contributed by atoms with E-state index in [1.165, 1.54) is 17.0 Å². The summed E-state index contributed by atoms with van der Waals surface area (Å²) in [5.74, 6) is 0.435. The second kappa shape index (κ2) is 5.85. The summed E-state index contributed by atoms with van der Waals surface area (Å²) in [6, 6.07) is 11.3. The first-order chi connectivity index (χ1) is 10.7. The molecular formula is C16H17N4O2+. The van der Waals surface area contributed by atoms with E-state index in [-0.39, 0.29) is 5.69 Å². The largest absolute Gasteiger partial charge is 0.358 e. The van der Waals surface area contributed by atoms with E-state index < -0.39 is 4.92 Å². The van der Waals surface area contributed by atoms with Crippen molar-refractivity contribution in [2.45, 2.75) is 13.3 Å². The summed E-state index contributed by atoms with van der Waals surface area (Å²) >= 11 is 0. The molecule has 0 saturated heterocycles. The zero-order chi connectivity index (χ0) is 15.5. The van der Waals surface area contributed by atoms with E-state index in [0.717, 1.165) is 17.6 Å². The van der Waals surface area contributed by atoms with Crippen molar-refractivity contribution in [3.05, 3.63) is 64.0 Å². The SMILES string of the molecule is Cc1[nH]c2ccccc2c1CCNc1[nH+]cccc1[N+](=O)[O-]. The molecule has 0 aliphatic heterocycles. The van der Waals surface area contributed by atoms with Crippen molar-refractivity contribution in [2.75, 3.05) is 11.9 Å². The first kappa shape index (κ1) is 14.1. The highest BCUT2D eigenvalue weighted by molar-refractivity contribution is 5.84. The summed E-state index contributed by atoms with van der Waals surface area (Å²) in [6.07, 6.45) is 2.46. The number of hydrogen-bond donors (Lipinski definition) is 2. The molecule has 112 valence electrons. The van der Waals surface area contributed by atoms with E-state index in [1.807, 2.05) is 19.1 Å². The molecule has 0 aliphatic rings. The molecule has 22 heavy (non-hydrogen) atoms. The van der Waals surface area contributed by atoms with Crippen LogP contribution in [-0.2, 0) is 6.42 Å². The Hall–Kier alpha value is -2.89. The number of nitrogens with zero attached hydrogens (tertiary/aromatic N) is 1. The number of aryl methyl sites for hydroxylation is 1. The van der Waals surface area contributed by atoms with Crippen molar-refractivity contribution >= 4 is 22.4 Å². The fourth-order valence-corrected chi connectivity index (χ4v) is 2.69. The number of para-hydroxylation sites is 1. The summed E-state index contributed by atoms with van der Waals surface area (Å²) in [5, 5.41) is 15.3. The third-order valence-electron chi connectivity index (χ3n) is 3.73. The van der Waals surface area contributed by atoms with Crippen molar-refractivity contribution in [1.82, 2.24) is 4.98 Å². The minimum absolute atomic E-state index is 0.0538. The van der Waals surface area contributed by atoms with Crippen LogP contribution in [0.25, 0.3) is 10.9 Å². The van der Waals surface area contributed by atoms with Gasteiger partial charge in [-0.2, -0.15) is 0 Å². The molecule has 1 aromatic carbocycles. The van der Waals surface area contributed by atoms with Gasteiger partial charge in [-0.15, -0.1) is 0 Å². The highest BCUT2D eigenvalue weighted by Gasteiger charge is 2.19. The van der Waals surface area contributed by atoms with Crippen LogP contribution in [0.3, 0.4) is 0 Å². The van der Waals surface area contributed by atoms with E-state index in [9.17, 15) is 10.1 Å². The van der Waals surface area contributed by atoms with E-state index in [4.69, 9.17) is 0 Å². The fraction of sp³-hybridized carbons (Fsp3) is 0.188. The highest BCUT2D eigenvalue weighted by atomic mass is 16.6. The number of anilines is 1. The Labute approximate surface area is 127 Å². The smallest absolute Gasteiger partial charge is 0.357 e. The average Bonchev–Trinajstić information content (AvgIpc) is 2.83. The van der Waals surface area contributed by atoms with Crippen LogP contribution in [-0.4, -0.2) is 16.5 Å². The van der Waals surface area contributed by atoms with Gasteiger partial charge in [0.05, 0.1) is 17.7 Å². The van der Waals surface area contributed by atoms with Gasteiger partial charge in [-0.05, 0) is 24.6 Å². The third-order valence-corrected chi connectivity index (χ3v) is 3.73. The number of rotatable bonds is 5. The Morgan fingerprint density at radius 1 is 1.27 bits per heavy atom. The number of pyridine rings is 1. The summed E-state index contributed by atoms with van der Waals surface area (Å²) in [4.78, 5) is 16.8. The molecule has 3 rings (SSSR count). The molecule has 3 aromatic rings. The molecular weight excluding hydrogens is 280 g/mol. The first-order valence-corrected chi connectivity index (χ1v) is 7.12. The Bertz CT molecular complexity index is 826. The van der Waals surface area contributed by atoms with Gasteiger partial charge in [0.15, 0.2) is 0 Å². The molecule has 6 nitrogen and oxygen atoms in total. The van der Waals surface area contributed by atoms with Crippen LogP contribution in [0.1, 0.15) is 11.3 Å². The second-order valence-electron chi connectivity index (χ2n) is 5.14. The number of H-pyrrole nitrogens is 2. The molecule has 0 spiro atoms. The van der Waals surface area contributed by atoms with Crippen molar-refractivity contribution < 1.29 is 9.91 Å². The van der Waals surface area contributed by atoms with E-state index >= 15 is 0 Å². The molecule has 0 saturated carbocycles. The quantitative estimate of drug-likeness (QED) is 0.561. The van der Waals surface area contributed by atoms with Crippen LogP contribution in [0.4, 0.5) is 11.5 Å². The predicted octanol–water partition coefficient (Wildman–Crippen LogP) is 2.85. The van der Waals surface area contributed by atoms with Crippen molar-refractivity contribution in [2.24, 2.45) is 0 Å². The standard InChI is InChI=1S/C16H16N4O2/c1-11-12(13-5-2-3-6-14(13)19-11)8-10-18-16-15(20(21)22)7-4-9-17-16/h2-7,9,19H,8,10H2,1H3,(H,17,18)/p+1. The zero-order valence-corrected chi connectivity index (χ0v) is 12.2. The number of aromatic amines is 2. The molecule has 6 heteroatoms. The minimum Gasteiger partial charge on any atom is -0.358 e. The van der Waals surface area contributed by atoms with Gasteiger partial charge in [-0.25, -0.2) is 4.98 Å². The Balaban J connectivity index is 1.76. The van der Waals surface area contributed by atoms with Crippen LogP contribution >= 0.6 is 0 Å². The summed E-state index contributed by atoms with van der Waals surface area (Å²) in [6.45, 7) is 2.66. The molecule has 0 amide bonds. The number of fused-ring (bicyclic) bond motifs is 1. The van der Waals surface area contributed by atoms with Gasteiger partial charge < -0.3 is 4.98 Å². The average molecular weight is 297 g/mol. The summed E-state index contributed by atoms with van der Waals surface area (Å²) < 4.78 is 0. The molecule has 3 N–H and O–H groups in total. The van der Waals surface area contributed by atoms with Crippen LogP contribution < -0.4 is 10.3 Å². The lowest BCUT2D eigenvalue weighted by Gasteiger charge is -2.01. The maximum Gasteiger partial charge on any atom is 0.357 e. The fourth-order valence-electron chi connectivity index (χ4n) is 2.69. The van der Waals surface area contributed by atoms with Crippen molar-refractivity contribution in [3.63, 3.8) is 0 Å². The monoisotopic (exact) mass is 297 g/mol. The van der Waals surface area contributed by atoms with Crippen LogP contribution in [0.5, 0.6) is 0 Å². The number of benzene rings is 1. The molecule has 0 radical (unpaired) electrons. The topological polar surface area (TPSA) is 85.1 Å². The molecule has 2 aromatic heterocycles. The van der Waals surface area contributed by atoms with Gasteiger partial charge in [0, 0.05) is 29.1 Å². The number of nitro groups is 1. The first-order valence-electron chi connectivity index (χ1n) is 7.12. The minimum atomic E-state index is -0.393. The molecule has 0 aliphatic carbocycles. The lowest BCUT2D eigenvalue weighted by Crippen LogP contribution is -2.16. The van der Waals surface area contributed by atoms with Gasteiger partial charge in [0.25, 0.3) is 0 Å². The summed E-state index contributed by atoms with van der Waals surface area (Å²) in [7, 11) is 0. The van der Waals surface area contributed by atoms with Crippen molar-refractivity contribution in [3.8, 4) is 0 Å². The van der Waals surface area contributed by atoms with Gasteiger partial charge in [-0.3, -0.25) is 15.4 Å². The third kappa shape index (κ3) is 2.63. The van der Waals surface area contributed by atoms with Crippen LogP contribution in [0.2, 0.25) is 0 Å². The lowest BCUT2D eigenvalue weighted by molar-refractivity contribution is -0.409. The van der Waals surface area contributed by atoms with Crippen LogP contribution in [0.15, 0.2) is 42.6 Å². The Kier molecular flexibility index (Phi) is 3.74. The van der Waals surface area contributed by atoms with E-state index in [1.54, 1.807) is 12.3 Å². The normalized spacial score (nSPS) is 10.8. The van der Waals surface area contributed by atoms with Gasteiger partial charge in [0.2, 0.25) is 0 Å². The maximum absolute atomic E-state index is 11.0. The van der Waals surface area contributed by atoms with E-state index in [2.05, 4.69) is 27.4 Å². The predicted molar refractivity (Wildman–Crippen MR) is 84.9 cm³/mol. The molecule has 0 fully saturated rings. The number of aromatic nitrogens is 2. The Morgan fingerprint density at radius 2 is 2.09 bits per heavy atom. The zero-order valence-electron chi connectivity index (χ0n) is 12.2. The van der Waals surface area contributed by atoms with E-state index in [0.29, 0.717) is 12.4 Å². The summed E-state index contributed by atoms with van der Waals surface area (Å²) in [5.41, 5.74) is 3.54. The molecule has 0 unspecified atom stereocenters. The second-order valence-corrected chi connectivity index (χ2v) is 5.14. The maximum atomic E-state index is 11.0.